The van der Waals surface area contributed by atoms with Gasteiger partial charge in [0.05, 0.1) is 12.0 Å². The van der Waals surface area contributed by atoms with Crippen molar-refractivity contribution in [1.29, 1.82) is 0 Å². The number of ether oxygens (including phenoxy) is 1. The van der Waals surface area contributed by atoms with Crippen molar-refractivity contribution in [3.8, 4) is 0 Å². The molecule has 2 fully saturated rings. The number of nitrogens with zero attached hydrogens (tertiary/aromatic N) is 1. The molecule has 1 N–H and O–H groups in total. The molecule has 3 rings (SSSR count). The summed E-state index contributed by atoms with van der Waals surface area (Å²) in [6, 6.07) is 6.88. The predicted octanol–water partition coefficient (Wildman–Crippen LogP) is 2.91. The summed E-state index contributed by atoms with van der Waals surface area (Å²) in [6.07, 6.45) is 7.64. The van der Waals surface area contributed by atoms with Gasteiger partial charge in [0.1, 0.15) is 6.54 Å². The van der Waals surface area contributed by atoms with Gasteiger partial charge in [0.25, 0.3) is 0 Å². The Hall–Kier alpha value is -2.96. The summed E-state index contributed by atoms with van der Waals surface area (Å²) in [4.78, 5) is 49.9. The summed E-state index contributed by atoms with van der Waals surface area (Å²) in [6.45, 7) is 1.79. The summed E-state index contributed by atoms with van der Waals surface area (Å²) in [5.41, 5.74) is 0.748. The van der Waals surface area contributed by atoms with E-state index in [2.05, 4.69) is 5.32 Å². The van der Waals surface area contributed by atoms with Crippen molar-refractivity contribution in [2.45, 2.75) is 45.4 Å². The van der Waals surface area contributed by atoms with E-state index in [1.54, 1.807) is 37.3 Å². The lowest BCUT2D eigenvalue weighted by Gasteiger charge is -2.30. The van der Waals surface area contributed by atoms with Gasteiger partial charge in [0, 0.05) is 18.2 Å². The Bertz CT molecular complexity index is 822. The second-order valence-corrected chi connectivity index (χ2v) is 7.56. The SMILES string of the molecule is CCOC(=O)C=Cc1ccc(NC(=O)CN2C(=O)CC3(CCCCC3)C2=O)cc1. The molecule has 2 aliphatic rings. The molecule has 7 heteroatoms. The highest BCUT2D eigenvalue weighted by Crippen LogP contribution is 2.45. The third-order valence-corrected chi connectivity index (χ3v) is 5.49. The molecule has 1 spiro atoms. The van der Waals surface area contributed by atoms with Crippen LogP contribution >= 0.6 is 0 Å². The van der Waals surface area contributed by atoms with Crippen LogP contribution in [0.5, 0.6) is 0 Å². The normalized spacial score (nSPS) is 18.4. The number of benzene rings is 1. The molecule has 29 heavy (non-hydrogen) atoms. The van der Waals surface area contributed by atoms with Crippen molar-refractivity contribution < 1.29 is 23.9 Å². The van der Waals surface area contributed by atoms with Gasteiger partial charge in [0.15, 0.2) is 0 Å². The molecule has 0 radical (unpaired) electrons. The zero-order chi connectivity index (χ0) is 20.9. The molecule has 1 aromatic carbocycles. The predicted molar refractivity (Wildman–Crippen MR) is 108 cm³/mol. The maximum atomic E-state index is 12.8. The fourth-order valence-electron chi connectivity index (χ4n) is 4.02. The fourth-order valence-corrected chi connectivity index (χ4v) is 4.02. The number of hydrogen-bond donors (Lipinski definition) is 1. The number of carbonyl (C=O) groups is 4. The van der Waals surface area contributed by atoms with E-state index < -0.39 is 17.3 Å². The molecule has 0 aromatic heterocycles. The molecule has 1 aliphatic heterocycles. The van der Waals surface area contributed by atoms with Gasteiger partial charge in [0.2, 0.25) is 17.7 Å². The van der Waals surface area contributed by atoms with Gasteiger partial charge in [-0.1, -0.05) is 31.4 Å². The average molecular weight is 398 g/mol. The number of rotatable bonds is 6. The molecule has 0 bridgehead atoms. The van der Waals surface area contributed by atoms with Crippen LogP contribution in [0.2, 0.25) is 0 Å². The average Bonchev–Trinajstić information content (AvgIpc) is 2.92. The molecule has 154 valence electrons. The van der Waals surface area contributed by atoms with Gasteiger partial charge in [-0.15, -0.1) is 0 Å². The van der Waals surface area contributed by atoms with E-state index in [0.29, 0.717) is 12.3 Å². The molecule has 3 amide bonds. The van der Waals surface area contributed by atoms with E-state index in [1.165, 1.54) is 6.08 Å². The van der Waals surface area contributed by atoms with Gasteiger partial charge in [-0.2, -0.15) is 0 Å². The Labute approximate surface area is 170 Å². The first-order chi connectivity index (χ1) is 13.9. The smallest absolute Gasteiger partial charge is 0.330 e. The second-order valence-electron chi connectivity index (χ2n) is 7.56. The van der Waals surface area contributed by atoms with Crippen molar-refractivity contribution in [3.05, 3.63) is 35.9 Å². The fraction of sp³-hybridized carbons (Fsp3) is 0.455. The maximum absolute atomic E-state index is 12.8. The van der Waals surface area contributed by atoms with Crippen LogP contribution in [0.1, 0.15) is 51.0 Å². The lowest BCUT2D eigenvalue weighted by Crippen LogP contribution is -2.41. The van der Waals surface area contributed by atoms with Crippen molar-refractivity contribution in [2.75, 3.05) is 18.5 Å². The first-order valence-electron chi connectivity index (χ1n) is 10.0. The first kappa shape index (κ1) is 20.8. The monoisotopic (exact) mass is 398 g/mol. The van der Waals surface area contributed by atoms with Gasteiger partial charge >= 0.3 is 5.97 Å². The molecule has 0 atom stereocenters. The molecular weight excluding hydrogens is 372 g/mol. The number of anilines is 1. The number of nitrogens with one attached hydrogen (secondary N) is 1. The standard InChI is InChI=1S/C22H26N2O5/c1-2-29-20(27)11-8-16-6-9-17(10-7-16)23-18(25)15-24-19(26)14-22(21(24)28)12-4-3-5-13-22/h6-11H,2-5,12-15H2,1H3,(H,23,25). The van der Waals surface area contributed by atoms with Gasteiger partial charge in [-0.25, -0.2) is 4.79 Å². The number of amides is 3. The molecular formula is C22H26N2O5. The van der Waals surface area contributed by atoms with Crippen molar-refractivity contribution in [3.63, 3.8) is 0 Å². The van der Waals surface area contributed by atoms with E-state index in [-0.39, 0.29) is 24.8 Å². The molecule has 1 aromatic rings. The summed E-state index contributed by atoms with van der Waals surface area (Å²) in [5.74, 6) is -1.28. The van der Waals surface area contributed by atoms with Crippen LogP contribution in [0.25, 0.3) is 6.08 Å². The number of carbonyl (C=O) groups excluding carboxylic acids is 4. The van der Waals surface area contributed by atoms with Crippen molar-refractivity contribution in [1.82, 2.24) is 4.90 Å². The molecule has 1 aliphatic carbocycles. The highest BCUT2D eigenvalue weighted by Gasteiger charge is 2.51. The highest BCUT2D eigenvalue weighted by atomic mass is 16.5. The lowest BCUT2D eigenvalue weighted by atomic mass is 9.73. The molecule has 0 unspecified atom stereocenters. The van der Waals surface area contributed by atoms with Crippen molar-refractivity contribution in [2.24, 2.45) is 5.41 Å². The van der Waals surface area contributed by atoms with E-state index in [4.69, 9.17) is 4.74 Å². The Morgan fingerprint density at radius 1 is 1.14 bits per heavy atom. The summed E-state index contributed by atoms with van der Waals surface area (Å²) >= 11 is 0. The van der Waals surface area contributed by atoms with E-state index in [9.17, 15) is 19.2 Å². The number of imide groups is 1. The minimum absolute atomic E-state index is 0.197. The van der Waals surface area contributed by atoms with Gasteiger partial charge < -0.3 is 10.1 Å². The Kier molecular flexibility index (Phi) is 6.46. The van der Waals surface area contributed by atoms with Gasteiger partial charge in [-0.3, -0.25) is 19.3 Å². The molecule has 1 saturated carbocycles. The zero-order valence-corrected chi connectivity index (χ0v) is 16.6. The van der Waals surface area contributed by atoms with Gasteiger partial charge in [-0.05, 0) is 43.5 Å². The number of esters is 1. The van der Waals surface area contributed by atoms with E-state index >= 15 is 0 Å². The van der Waals surface area contributed by atoms with E-state index in [1.807, 2.05) is 0 Å². The second kappa shape index (κ2) is 9.03. The Morgan fingerprint density at radius 2 is 1.83 bits per heavy atom. The minimum atomic E-state index is -0.581. The highest BCUT2D eigenvalue weighted by molar-refractivity contribution is 6.09. The Morgan fingerprint density at radius 3 is 2.48 bits per heavy atom. The largest absolute Gasteiger partial charge is 0.463 e. The molecule has 1 heterocycles. The van der Waals surface area contributed by atoms with Crippen LogP contribution in [-0.2, 0) is 23.9 Å². The summed E-state index contributed by atoms with van der Waals surface area (Å²) < 4.78 is 4.82. The van der Waals surface area contributed by atoms with Crippen molar-refractivity contribution >= 4 is 35.5 Å². The molecule has 1 saturated heterocycles. The zero-order valence-electron chi connectivity index (χ0n) is 16.6. The maximum Gasteiger partial charge on any atom is 0.330 e. The summed E-state index contributed by atoms with van der Waals surface area (Å²) in [7, 11) is 0. The quantitative estimate of drug-likeness (QED) is 0.452. The summed E-state index contributed by atoms with van der Waals surface area (Å²) in [5, 5.41) is 2.71. The van der Waals surface area contributed by atoms with E-state index in [0.717, 1.165) is 42.6 Å². The molecule has 7 nitrogen and oxygen atoms in total. The lowest BCUT2D eigenvalue weighted by molar-refractivity contribution is -0.144. The van der Waals surface area contributed by atoms with Crippen LogP contribution in [0, 0.1) is 5.41 Å². The topological polar surface area (TPSA) is 92.8 Å². The van der Waals surface area contributed by atoms with Crippen LogP contribution in [0.15, 0.2) is 30.3 Å². The van der Waals surface area contributed by atoms with Crippen LogP contribution in [0.3, 0.4) is 0 Å². The number of likely N-dealkylation sites (tertiary alicyclic amines) is 1. The van der Waals surface area contributed by atoms with Crippen LogP contribution in [0.4, 0.5) is 5.69 Å². The third kappa shape index (κ3) is 4.91. The third-order valence-electron chi connectivity index (χ3n) is 5.49. The minimum Gasteiger partial charge on any atom is -0.463 e. The number of hydrogen-bond acceptors (Lipinski definition) is 5. The van der Waals surface area contributed by atoms with Crippen LogP contribution < -0.4 is 5.32 Å². The van der Waals surface area contributed by atoms with Crippen LogP contribution in [-0.4, -0.2) is 41.7 Å². The Balaban J connectivity index is 1.56. The first-order valence-corrected chi connectivity index (χ1v) is 10.0.